The third kappa shape index (κ3) is 4.66. The second-order valence-electron chi connectivity index (χ2n) is 4.97. The van der Waals surface area contributed by atoms with Crippen LogP contribution in [-0.4, -0.2) is 30.9 Å². The summed E-state index contributed by atoms with van der Waals surface area (Å²) in [4.78, 5) is 23.5. The Bertz CT molecular complexity index is 484. The summed E-state index contributed by atoms with van der Waals surface area (Å²) in [5.74, 6) is -0.162. The molecule has 108 valence electrons. The first kappa shape index (κ1) is 14.5. The molecule has 0 saturated heterocycles. The maximum absolute atomic E-state index is 11.8. The fourth-order valence-corrected chi connectivity index (χ4v) is 1.90. The van der Waals surface area contributed by atoms with Gasteiger partial charge in [-0.05, 0) is 38.0 Å². The van der Waals surface area contributed by atoms with E-state index >= 15 is 0 Å². The highest BCUT2D eigenvalue weighted by atomic mass is 16.2. The first-order valence-corrected chi connectivity index (χ1v) is 7.10. The maximum atomic E-state index is 11.8. The molecular formula is C15H21N3O2. The zero-order valence-corrected chi connectivity index (χ0v) is 11.7. The van der Waals surface area contributed by atoms with Gasteiger partial charge in [-0.1, -0.05) is 6.07 Å². The summed E-state index contributed by atoms with van der Waals surface area (Å²) in [7, 11) is 0. The van der Waals surface area contributed by atoms with Crippen molar-refractivity contribution >= 4 is 17.5 Å². The second-order valence-corrected chi connectivity index (χ2v) is 4.97. The molecule has 1 saturated carbocycles. The summed E-state index contributed by atoms with van der Waals surface area (Å²) < 4.78 is 0. The predicted octanol–water partition coefficient (Wildman–Crippen LogP) is 1.52. The van der Waals surface area contributed by atoms with Crippen molar-refractivity contribution in [3.05, 3.63) is 29.8 Å². The Labute approximate surface area is 119 Å². The summed E-state index contributed by atoms with van der Waals surface area (Å²) >= 11 is 0. The highest BCUT2D eigenvalue weighted by Crippen LogP contribution is 2.18. The molecule has 0 unspecified atom stereocenters. The van der Waals surface area contributed by atoms with Crippen LogP contribution in [0.4, 0.5) is 5.69 Å². The number of amides is 2. The summed E-state index contributed by atoms with van der Waals surface area (Å²) in [6.45, 7) is 3.16. The van der Waals surface area contributed by atoms with Gasteiger partial charge in [0.25, 0.3) is 5.91 Å². The first-order valence-electron chi connectivity index (χ1n) is 7.10. The number of benzene rings is 1. The minimum Gasteiger partial charge on any atom is -0.352 e. The first-order chi connectivity index (χ1) is 9.69. The Hall–Kier alpha value is -1.88. The standard InChI is InChI=1S/C15H21N3O2/c1-2-16-15(20)11-4-3-5-13(10-11)18-14(19)8-9-17-12-6-7-12/h3-5,10,12,17H,2,6-9H2,1H3,(H,16,20)(H,18,19). The number of nitrogens with one attached hydrogen (secondary N) is 3. The average molecular weight is 275 g/mol. The van der Waals surface area contributed by atoms with E-state index in [4.69, 9.17) is 0 Å². The second kappa shape index (κ2) is 7.05. The molecule has 2 amide bonds. The summed E-state index contributed by atoms with van der Waals surface area (Å²) in [6.07, 6.45) is 2.88. The lowest BCUT2D eigenvalue weighted by molar-refractivity contribution is -0.116. The Morgan fingerprint density at radius 2 is 2.10 bits per heavy atom. The van der Waals surface area contributed by atoms with Crippen LogP contribution in [0.15, 0.2) is 24.3 Å². The molecule has 0 radical (unpaired) electrons. The number of anilines is 1. The van der Waals surface area contributed by atoms with Gasteiger partial charge in [0.2, 0.25) is 5.91 Å². The van der Waals surface area contributed by atoms with Crippen molar-refractivity contribution in [2.75, 3.05) is 18.4 Å². The van der Waals surface area contributed by atoms with Crippen LogP contribution in [0, 0.1) is 0 Å². The molecule has 1 aliphatic carbocycles. The number of carbonyl (C=O) groups is 2. The normalized spacial score (nSPS) is 13.8. The number of hydrogen-bond acceptors (Lipinski definition) is 3. The highest BCUT2D eigenvalue weighted by molar-refractivity contribution is 5.97. The Morgan fingerprint density at radius 3 is 2.80 bits per heavy atom. The summed E-state index contributed by atoms with van der Waals surface area (Å²) in [6, 6.07) is 7.59. The van der Waals surface area contributed by atoms with Crippen molar-refractivity contribution in [3.8, 4) is 0 Å². The van der Waals surface area contributed by atoms with Crippen LogP contribution in [0.2, 0.25) is 0 Å². The van der Waals surface area contributed by atoms with Gasteiger partial charge in [0.1, 0.15) is 0 Å². The summed E-state index contributed by atoms with van der Waals surface area (Å²) in [5, 5.41) is 8.84. The topological polar surface area (TPSA) is 70.2 Å². The van der Waals surface area contributed by atoms with E-state index in [9.17, 15) is 9.59 Å². The van der Waals surface area contributed by atoms with Crippen LogP contribution in [0.3, 0.4) is 0 Å². The van der Waals surface area contributed by atoms with E-state index in [1.165, 1.54) is 12.8 Å². The largest absolute Gasteiger partial charge is 0.352 e. The van der Waals surface area contributed by atoms with Crippen molar-refractivity contribution in [1.82, 2.24) is 10.6 Å². The molecule has 5 nitrogen and oxygen atoms in total. The smallest absolute Gasteiger partial charge is 0.251 e. The molecule has 20 heavy (non-hydrogen) atoms. The highest BCUT2D eigenvalue weighted by Gasteiger charge is 2.20. The van der Waals surface area contributed by atoms with Gasteiger partial charge in [0.15, 0.2) is 0 Å². The molecular weight excluding hydrogens is 254 g/mol. The van der Waals surface area contributed by atoms with Crippen molar-refractivity contribution in [3.63, 3.8) is 0 Å². The van der Waals surface area contributed by atoms with Crippen LogP contribution in [0.25, 0.3) is 0 Å². The van der Waals surface area contributed by atoms with Gasteiger partial charge in [0, 0.05) is 36.8 Å². The van der Waals surface area contributed by atoms with Crippen LogP contribution < -0.4 is 16.0 Å². The van der Waals surface area contributed by atoms with Crippen LogP contribution >= 0.6 is 0 Å². The molecule has 5 heteroatoms. The van der Waals surface area contributed by atoms with E-state index in [-0.39, 0.29) is 11.8 Å². The molecule has 1 aromatic carbocycles. The van der Waals surface area contributed by atoms with E-state index in [0.717, 1.165) is 0 Å². The zero-order chi connectivity index (χ0) is 14.4. The molecule has 0 heterocycles. The van der Waals surface area contributed by atoms with Gasteiger partial charge in [-0.15, -0.1) is 0 Å². The Kier molecular flexibility index (Phi) is 5.12. The number of carbonyl (C=O) groups excluding carboxylic acids is 2. The maximum Gasteiger partial charge on any atom is 0.251 e. The third-order valence-corrected chi connectivity index (χ3v) is 3.11. The quantitative estimate of drug-likeness (QED) is 0.706. The molecule has 1 fully saturated rings. The Morgan fingerprint density at radius 1 is 1.30 bits per heavy atom. The zero-order valence-electron chi connectivity index (χ0n) is 11.7. The average Bonchev–Trinajstić information content (AvgIpc) is 3.23. The van der Waals surface area contributed by atoms with Crippen LogP contribution in [0.5, 0.6) is 0 Å². The monoisotopic (exact) mass is 275 g/mol. The van der Waals surface area contributed by atoms with Gasteiger partial charge in [0.05, 0.1) is 0 Å². The molecule has 1 aliphatic rings. The fourth-order valence-electron chi connectivity index (χ4n) is 1.90. The molecule has 0 atom stereocenters. The van der Waals surface area contributed by atoms with Crippen LogP contribution in [0.1, 0.15) is 36.5 Å². The van der Waals surface area contributed by atoms with E-state index < -0.39 is 0 Å². The number of hydrogen-bond donors (Lipinski definition) is 3. The van der Waals surface area contributed by atoms with Crippen molar-refractivity contribution in [2.45, 2.75) is 32.2 Å². The van der Waals surface area contributed by atoms with Crippen molar-refractivity contribution in [1.29, 1.82) is 0 Å². The fraction of sp³-hybridized carbons (Fsp3) is 0.467. The van der Waals surface area contributed by atoms with Crippen molar-refractivity contribution in [2.24, 2.45) is 0 Å². The molecule has 2 rings (SSSR count). The van der Waals surface area contributed by atoms with Gasteiger partial charge < -0.3 is 16.0 Å². The number of rotatable bonds is 7. The summed E-state index contributed by atoms with van der Waals surface area (Å²) in [5.41, 5.74) is 1.21. The van der Waals surface area contributed by atoms with E-state index in [0.29, 0.717) is 36.8 Å². The Balaban J connectivity index is 1.83. The predicted molar refractivity (Wildman–Crippen MR) is 78.7 cm³/mol. The van der Waals surface area contributed by atoms with Gasteiger partial charge in [-0.3, -0.25) is 9.59 Å². The van der Waals surface area contributed by atoms with E-state index in [2.05, 4.69) is 16.0 Å². The molecule has 0 aliphatic heterocycles. The molecule has 1 aromatic rings. The van der Waals surface area contributed by atoms with Gasteiger partial charge >= 0.3 is 0 Å². The third-order valence-electron chi connectivity index (χ3n) is 3.11. The van der Waals surface area contributed by atoms with Crippen LogP contribution in [-0.2, 0) is 4.79 Å². The van der Waals surface area contributed by atoms with Gasteiger partial charge in [-0.2, -0.15) is 0 Å². The molecule has 0 bridgehead atoms. The van der Waals surface area contributed by atoms with Crippen molar-refractivity contribution < 1.29 is 9.59 Å². The molecule has 0 aromatic heterocycles. The van der Waals surface area contributed by atoms with E-state index in [1.54, 1.807) is 24.3 Å². The van der Waals surface area contributed by atoms with E-state index in [1.807, 2.05) is 6.92 Å². The molecule has 3 N–H and O–H groups in total. The SMILES string of the molecule is CCNC(=O)c1cccc(NC(=O)CCNC2CC2)c1. The van der Waals surface area contributed by atoms with Gasteiger partial charge in [-0.25, -0.2) is 0 Å². The lowest BCUT2D eigenvalue weighted by Gasteiger charge is -2.08. The minimum atomic E-state index is -0.126. The lowest BCUT2D eigenvalue weighted by atomic mass is 10.2. The molecule has 0 spiro atoms. The minimum absolute atomic E-state index is 0.0359. The lowest BCUT2D eigenvalue weighted by Crippen LogP contribution is -2.24.